The lowest BCUT2D eigenvalue weighted by atomic mass is 10.2. The zero-order valence-corrected chi connectivity index (χ0v) is 12.5. The highest BCUT2D eigenvalue weighted by atomic mass is 79.9. The number of carbonyl (C=O) groups excluding carboxylic acids is 1. The molecule has 2 aromatic rings. The van der Waals surface area contributed by atoms with Crippen LogP contribution in [0, 0.1) is 0 Å². The molecule has 0 aliphatic rings. The fourth-order valence-corrected chi connectivity index (χ4v) is 1.89. The van der Waals surface area contributed by atoms with Crippen LogP contribution in [0.15, 0.2) is 53.3 Å². The zero-order chi connectivity index (χ0) is 14.2. The third-order valence-corrected chi connectivity index (χ3v) is 3.17. The number of benzene rings is 1. The molecule has 1 amide bonds. The van der Waals surface area contributed by atoms with E-state index < -0.39 is 0 Å². The normalized spacial score (nSPS) is 10.1. The van der Waals surface area contributed by atoms with E-state index >= 15 is 0 Å². The molecule has 20 heavy (non-hydrogen) atoms. The summed E-state index contributed by atoms with van der Waals surface area (Å²) in [5, 5.41) is 2.81. The van der Waals surface area contributed by atoms with Crippen LogP contribution < -0.4 is 10.1 Å². The molecule has 1 heterocycles. The molecule has 5 heteroatoms. The second-order valence-electron chi connectivity index (χ2n) is 4.20. The lowest BCUT2D eigenvalue weighted by Crippen LogP contribution is -2.30. The average Bonchev–Trinajstić information content (AvgIpc) is 2.48. The molecule has 0 saturated heterocycles. The standard InChI is InChI=1S/C15H15BrN2O2/c16-13-3-5-14(6-4-13)20-11-15(19)18-9-7-12-2-1-8-17-10-12/h1-6,8,10H,7,9,11H2,(H,18,19). The summed E-state index contributed by atoms with van der Waals surface area (Å²) >= 11 is 3.34. The first-order valence-electron chi connectivity index (χ1n) is 6.28. The lowest BCUT2D eigenvalue weighted by Gasteiger charge is -2.07. The van der Waals surface area contributed by atoms with Crippen LogP contribution in [0.25, 0.3) is 0 Å². The maximum absolute atomic E-state index is 11.6. The van der Waals surface area contributed by atoms with Crippen molar-refractivity contribution in [3.05, 3.63) is 58.8 Å². The van der Waals surface area contributed by atoms with E-state index in [0.29, 0.717) is 12.3 Å². The number of carbonyl (C=O) groups is 1. The first-order valence-corrected chi connectivity index (χ1v) is 7.07. The van der Waals surface area contributed by atoms with Gasteiger partial charge in [-0.2, -0.15) is 0 Å². The second-order valence-corrected chi connectivity index (χ2v) is 5.12. The van der Waals surface area contributed by atoms with Gasteiger partial charge in [0.25, 0.3) is 5.91 Å². The minimum Gasteiger partial charge on any atom is -0.484 e. The van der Waals surface area contributed by atoms with E-state index in [0.717, 1.165) is 16.5 Å². The third-order valence-electron chi connectivity index (χ3n) is 2.64. The average molecular weight is 335 g/mol. The Balaban J connectivity index is 1.67. The number of nitrogens with zero attached hydrogens (tertiary/aromatic N) is 1. The Morgan fingerprint density at radius 3 is 2.75 bits per heavy atom. The van der Waals surface area contributed by atoms with E-state index in [2.05, 4.69) is 26.2 Å². The Morgan fingerprint density at radius 1 is 1.25 bits per heavy atom. The van der Waals surface area contributed by atoms with E-state index in [1.54, 1.807) is 12.4 Å². The number of pyridine rings is 1. The number of hydrogen-bond donors (Lipinski definition) is 1. The summed E-state index contributed by atoms with van der Waals surface area (Å²) in [4.78, 5) is 15.6. The van der Waals surface area contributed by atoms with Crippen LogP contribution in [0.1, 0.15) is 5.56 Å². The van der Waals surface area contributed by atoms with Gasteiger partial charge in [0, 0.05) is 23.4 Å². The smallest absolute Gasteiger partial charge is 0.257 e. The van der Waals surface area contributed by atoms with Gasteiger partial charge >= 0.3 is 0 Å². The van der Waals surface area contributed by atoms with Crippen LogP contribution in [0.5, 0.6) is 5.75 Å². The van der Waals surface area contributed by atoms with Crippen LogP contribution >= 0.6 is 15.9 Å². The van der Waals surface area contributed by atoms with Gasteiger partial charge in [0.2, 0.25) is 0 Å². The first kappa shape index (κ1) is 14.5. The molecule has 104 valence electrons. The number of aromatic nitrogens is 1. The van der Waals surface area contributed by atoms with Gasteiger partial charge in [-0.05, 0) is 42.3 Å². The number of rotatable bonds is 6. The van der Waals surface area contributed by atoms with Crippen molar-refractivity contribution in [2.75, 3.05) is 13.2 Å². The maximum Gasteiger partial charge on any atom is 0.257 e. The molecule has 1 aromatic carbocycles. The third kappa shape index (κ3) is 5.01. The molecule has 0 spiro atoms. The van der Waals surface area contributed by atoms with Gasteiger partial charge in [-0.15, -0.1) is 0 Å². The fraction of sp³-hybridized carbons (Fsp3) is 0.200. The Labute approximate surface area is 126 Å². The Kier molecular flexibility index (Phi) is 5.55. The van der Waals surface area contributed by atoms with Crippen molar-refractivity contribution in [3.8, 4) is 5.75 Å². The molecule has 0 unspecified atom stereocenters. The number of halogens is 1. The summed E-state index contributed by atoms with van der Waals surface area (Å²) in [5.74, 6) is 0.549. The first-order chi connectivity index (χ1) is 9.74. The van der Waals surface area contributed by atoms with Crippen molar-refractivity contribution in [2.24, 2.45) is 0 Å². The van der Waals surface area contributed by atoms with Crippen molar-refractivity contribution in [1.82, 2.24) is 10.3 Å². The molecule has 0 fully saturated rings. The highest BCUT2D eigenvalue weighted by Crippen LogP contribution is 2.15. The summed E-state index contributed by atoms with van der Waals surface area (Å²) in [7, 11) is 0. The number of nitrogens with one attached hydrogen (secondary N) is 1. The molecular weight excluding hydrogens is 320 g/mol. The minimum atomic E-state index is -0.128. The molecule has 0 atom stereocenters. The number of hydrogen-bond acceptors (Lipinski definition) is 3. The van der Waals surface area contributed by atoms with Gasteiger partial charge in [-0.1, -0.05) is 22.0 Å². The zero-order valence-electron chi connectivity index (χ0n) is 10.9. The number of amides is 1. The highest BCUT2D eigenvalue weighted by molar-refractivity contribution is 9.10. The van der Waals surface area contributed by atoms with Crippen LogP contribution in [0.4, 0.5) is 0 Å². The van der Waals surface area contributed by atoms with E-state index in [9.17, 15) is 4.79 Å². The van der Waals surface area contributed by atoms with Crippen molar-refractivity contribution in [3.63, 3.8) is 0 Å². The fourth-order valence-electron chi connectivity index (χ4n) is 1.62. The van der Waals surface area contributed by atoms with E-state index in [1.807, 2.05) is 36.4 Å². The monoisotopic (exact) mass is 334 g/mol. The van der Waals surface area contributed by atoms with Crippen LogP contribution in [0.2, 0.25) is 0 Å². The molecule has 2 rings (SSSR count). The predicted molar refractivity (Wildman–Crippen MR) is 80.6 cm³/mol. The number of ether oxygens (including phenoxy) is 1. The summed E-state index contributed by atoms with van der Waals surface area (Å²) in [6, 6.07) is 11.2. The van der Waals surface area contributed by atoms with Gasteiger partial charge in [0.05, 0.1) is 0 Å². The molecule has 0 saturated carbocycles. The Bertz CT molecular complexity index is 544. The molecule has 0 radical (unpaired) electrons. The lowest BCUT2D eigenvalue weighted by molar-refractivity contribution is -0.123. The largest absolute Gasteiger partial charge is 0.484 e. The van der Waals surface area contributed by atoms with E-state index in [4.69, 9.17) is 4.74 Å². The van der Waals surface area contributed by atoms with Crippen LogP contribution in [0.3, 0.4) is 0 Å². The Hall–Kier alpha value is -1.88. The molecule has 1 N–H and O–H groups in total. The molecule has 4 nitrogen and oxygen atoms in total. The second kappa shape index (κ2) is 7.65. The van der Waals surface area contributed by atoms with Crippen LogP contribution in [-0.4, -0.2) is 24.0 Å². The van der Waals surface area contributed by atoms with Crippen molar-refractivity contribution in [1.29, 1.82) is 0 Å². The predicted octanol–water partition coefficient (Wildman–Crippen LogP) is 2.58. The summed E-state index contributed by atoms with van der Waals surface area (Å²) in [5.41, 5.74) is 1.10. The van der Waals surface area contributed by atoms with Gasteiger partial charge in [-0.25, -0.2) is 0 Å². The van der Waals surface area contributed by atoms with E-state index in [-0.39, 0.29) is 12.5 Å². The van der Waals surface area contributed by atoms with Crippen molar-refractivity contribution in [2.45, 2.75) is 6.42 Å². The highest BCUT2D eigenvalue weighted by Gasteiger charge is 2.02. The molecule has 0 bridgehead atoms. The topological polar surface area (TPSA) is 51.2 Å². The summed E-state index contributed by atoms with van der Waals surface area (Å²) in [6.45, 7) is 0.600. The quantitative estimate of drug-likeness (QED) is 0.883. The molecule has 1 aromatic heterocycles. The van der Waals surface area contributed by atoms with Gasteiger partial charge < -0.3 is 10.1 Å². The Morgan fingerprint density at radius 2 is 2.05 bits per heavy atom. The maximum atomic E-state index is 11.6. The molecular formula is C15H15BrN2O2. The molecule has 0 aliphatic heterocycles. The van der Waals surface area contributed by atoms with E-state index in [1.165, 1.54) is 0 Å². The summed E-state index contributed by atoms with van der Waals surface area (Å²) < 4.78 is 6.36. The summed E-state index contributed by atoms with van der Waals surface area (Å²) in [6.07, 6.45) is 4.29. The van der Waals surface area contributed by atoms with Crippen molar-refractivity contribution < 1.29 is 9.53 Å². The van der Waals surface area contributed by atoms with Gasteiger partial charge in [0.1, 0.15) is 5.75 Å². The van der Waals surface area contributed by atoms with Crippen molar-refractivity contribution >= 4 is 21.8 Å². The minimum absolute atomic E-state index is 0.0225. The molecule has 0 aliphatic carbocycles. The van der Waals surface area contributed by atoms with Gasteiger partial charge in [-0.3, -0.25) is 9.78 Å². The van der Waals surface area contributed by atoms with Gasteiger partial charge in [0.15, 0.2) is 6.61 Å². The SMILES string of the molecule is O=C(COc1ccc(Br)cc1)NCCc1cccnc1. The van der Waals surface area contributed by atoms with Crippen LogP contribution in [-0.2, 0) is 11.2 Å².